The third-order valence-electron chi connectivity index (χ3n) is 4.56. The van der Waals surface area contributed by atoms with Crippen LogP contribution < -0.4 is 5.32 Å². The molecule has 0 saturated carbocycles. The van der Waals surface area contributed by atoms with Crippen LogP contribution >= 0.6 is 0 Å². The van der Waals surface area contributed by atoms with Crippen molar-refractivity contribution in [1.29, 1.82) is 0 Å². The lowest BCUT2D eigenvalue weighted by molar-refractivity contribution is -0.164. The third-order valence-corrected chi connectivity index (χ3v) is 4.56. The molecule has 124 valence electrons. The molecular formula is C16H25NO5. The summed E-state index contributed by atoms with van der Waals surface area (Å²) in [6, 6.07) is -1.07. The normalized spacial score (nSPS) is 32.8. The summed E-state index contributed by atoms with van der Waals surface area (Å²) in [5, 5.41) is 22.2. The smallest absolute Gasteiger partial charge is 0.331 e. The molecule has 0 radical (unpaired) electrons. The highest BCUT2D eigenvalue weighted by atomic mass is 16.6. The number of carbonyl (C=O) groups excluding carboxylic acids is 2. The Hall–Kier alpha value is -1.40. The molecule has 2 rings (SSSR count). The van der Waals surface area contributed by atoms with Gasteiger partial charge in [-0.25, -0.2) is 4.79 Å². The van der Waals surface area contributed by atoms with Crippen molar-refractivity contribution in [2.24, 2.45) is 11.8 Å². The van der Waals surface area contributed by atoms with Gasteiger partial charge in [-0.15, -0.1) is 0 Å². The molecule has 1 saturated heterocycles. The Morgan fingerprint density at radius 2 is 2.18 bits per heavy atom. The summed E-state index contributed by atoms with van der Waals surface area (Å²) in [4.78, 5) is 24.7. The molecule has 6 heteroatoms. The third kappa shape index (κ3) is 3.50. The van der Waals surface area contributed by atoms with Gasteiger partial charge in [-0.05, 0) is 39.5 Å². The average molecular weight is 311 g/mol. The van der Waals surface area contributed by atoms with Gasteiger partial charge in [0.2, 0.25) is 5.91 Å². The number of esters is 1. The van der Waals surface area contributed by atoms with Crippen LogP contribution in [0.15, 0.2) is 12.2 Å². The second-order valence-electron chi connectivity index (χ2n) is 6.59. The van der Waals surface area contributed by atoms with Gasteiger partial charge in [0, 0.05) is 12.5 Å². The van der Waals surface area contributed by atoms with Gasteiger partial charge >= 0.3 is 5.97 Å². The average Bonchev–Trinajstić information content (AvgIpc) is 2.56. The number of cyclic esters (lactones) is 1. The second-order valence-corrected chi connectivity index (χ2v) is 6.59. The molecule has 1 fully saturated rings. The summed E-state index contributed by atoms with van der Waals surface area (Å²) in [6.07, 6.45) is 5.79. The Kier molecular flexibility index (Phi) is 5.24. The van der Waals surface area contributed by atoms with Crippen LogP contribution in [-0.4, -0.2) is 46.4 Å². The number of hydrogen-bond acceptors (Lipinski definition) is 5. The fourth-order valence-electron chi connectivity index (χ4n) is 3.23. The minimum Gasteiger partial charge on any atom is -0.457 e. The van der Waals surface area contributed by atoms with Crippen LogP contribution in [0.5, 0.6) is 0 Å². The highest BCUT2D eigenvalue weighted by Gasteiger charge is 2.46. The molecule has 0 spiro atoms. The summed E-state index contributed by atoms with van der Waals surface area (Å²) < 4.78 is 5.44. The number of nitrogens with one attached hydrogen (secondary N) is 1. The number of ether oxygens (including phenoxy) is 1. The van der Waals surface area contributed by atoms with Gasteiger partial charge in [0.15, 0.2) is 6.04 Å². The maximum Gasteiger partial charge on any atom is 0.331 e. The van der Waals surface area contributed by atoms with E-state index in [-0.39, 0.29) is 24.9 Å². The first-order valence-electron chi connectivity index (χ1n) is 7.85. The Morgan fingerprint density at radius 3 is 2.77 bits per heavy atom. The molecule has 3 N–H and O–H groups in total. The lowest BCUT2D eigenvalue weighted by Gasteiger charge is -2.30. The van der Waals surface area contributed by atoms with Gasteiger partial charge in [0.1, 0.15) is 5.60 Å². The van der Waals surface area contributed by atoms with E-state index in [9.17, 15) is 14.7 Å². The van der Waals surface area contributed by atoms with E-state index in [1.54, 1.807) is 13.8 Å². The molecule has 6 nitrogen and oxygen atoms in total. The van der Waals surface area contributed by atoms with Gasteiger partial charge < -0.3 is 20.3 Å². The van der Waals surface area contributed by atoms with E-state index in [1.165, 1.54) is 0 Å². The minimum absolute atomic E-state index is 0.163. The first-order chi connectivity index (χ1) is 10.4. The van der Waals surface area contributed by atoms with E-state index in [1.807, 2.05) is 12.2 Å². The van der Waals surface area contributed by atoms with Crippen LogP contribution in [0.25, 0.3) is 0 Å². The van der Waals surface area contributed by atoms with Gasteiger partial charge in [-0.1, -0.05) is 12.2 Å². The number of rotatable bonds is 4. The van der Waals surface area contributed by atoms with Crippen molar-refractivity contribution in [3.63, 3.8) is 0 Å². The molecule has 0 unspecified atom stereocenters. The van der Waals surface area contributed by atoms with Crippen molar-refractivity contribution >= 4 is 11.9 Å². The Labute approximate surface area is 130 Å². The van der Waals surface area contributed by atoms with Crippen molar-refractivity contribution in [2.75, 3.05) is 6.61 Å². The minimum atomic E-state index is -1.07. The fraction of sp³-hybridized carbons (Fsp3) is 0.750. The fourth-order valence-corrected chi connectivity index (χ4v) is 3.23. The number of hydrogen-bond donors (Lipinski definition) is 3. The Morgan fingerprint density at radius 1 is 1.45 bits per heavy atom. The largest absolute Gasteiger partial charge is 0.457 e. The molecule has 0 aromatic rings. The quantitative estimate of drug-likeness (QED) is 0.520. The molecule has 4 atom stereocenters. The molecule has 1 aliphatic carbocycles. The number of carbonyl (C=O) groups is 2. The van der Waals surface area contributed by atoms with E-state index in [4.69, 9.17) is 9.84 Å². The summed E-state index contributed by atoms with van der Waals surface area (Å²) >= 11 is 0. The van der Waals surface area contributed by atoms with Crippen molar-refractivity contribution < 1.29 is 24.5 Å². The van der Waals surface area contributed by atoms with Crippen LogP contribution in [0, 0.1) is 11.8 Å². The predicted molar refractivity (Wildman–Crippen MR) is 79.8 cm³/mol. The van der Waals surface area contributed by atoms with E-state index in [0.717, 1.165) is 19.3 Å². The second kappa shape index (κ2) is 6.79. The number of aliphatic hydroxyl groups is 2. The van der Waals surface area contributed by atoms with Crippen molar-refractivity contribution in [3.05, 3.63) is 12.2 Å². The number of amides is 1. The zero-order valence-electron chi connectivity index (χ0n) is 13.1. The SMILES string of the molecule is CC1(C)OC(=O)[C@H]([C@H](O)[C@@H]2C=CCCC2)NC(=O)[C@@H]1CCO. The highest BCUT2D eigenvalue weighted by Crippen LogP contribution is 2.30. The van der Waals surface area contributed by atoms with Crippen LogP contribution in [0.3, 0.4) is 0 Å². The van der Waals surface area contributed by atoms with Crippen molar-refractivity contribution in [1.82, 2.24) is 5.32 Å². The molecule has 2 aliphatic rings. The monoisotopic (exact) mass is 311 g/mol. The van der Waals surface area contributed by atoms with Crippen molar-refractivity contribution in [3.8, 4) is 0 Å². The zero-order chi connectivity index (χ0) is 16.3. The maximum atomic E-state index is 12.4. The zero-order valence-corrected chi connectivity index (χ0v) is 13.1. The van der Waals surface area contributed by atoms with E-state index in [2.05, 4.69) is 5.32 Å². The topological polar surface area (TPSA) is 95.9 Å². The lowest BCUT2D eigenvalue weighted by Crippen LogP contribution is -2.51. The Balaban J connectivity index is 2.19. The van der Waals surface area contributed by atoms with Crippen LogP contribution in [0.4, 0.5) is 0 Å². The van der Waals surface area contributed by atoms with Gasteiger partial charge in [0.05, 0.1) is 12.0 Å². The standard InChI is InChI=1S/C16H25NO5/c1-16(2)11(8-9-18)14(20)17-12(15(21)22-16)13(19)10-6-4-3-5-7-10/h4,6,10-13,18-19H,3,5,7-9H2,1-2H3,(H,17,20)/t10-,11+,12+,13-/m1/s1. The molecule has 0 aromatic heterocycles. The molecule has 1 amide bonds. The van der Waals surface area contributed by atoms with E-state index < -0.39 is 29.6 Å². The molecule has 0 bridgehead atoms. The highest BCUT2D eigenvalue weighted by molar-refractivity contribution is 5.89. The van der Waals surface area contributed by atoms with Gasteiger partial charge in [0.25, 0.3) is 0 Å². The van der Waals surface area contributed by atoms with Crippen LogP contribution in [0.2, 0.25) is 0 Å². The predicted octanol–water partition coefficient (Wildman–Crippen LogP) is 0.522. The summed E-state index contributed by atoms with van der Waals surface area (Å²) in [7, 11) is 0. The first kappa shape index (κ1) is 17.0. The number of allylic oxidation sites excluding steroid dienone is 1. The molecule has 22 heavy (non-hydrogen) atoms. The van der Waals surface area contributed by atoms with Gasteiger partial charge in [-0.3, -0.25) is 4.79 Å². The maximum absolute atomic E-state index is 12.4. The summed E-state index contributed by atoms with van der Waals surface area (Å²) in [5.41, 5.74) is -1.01. The summed E-state index contributed by atoms with van der Waals surface area (Å²) in [6.45, 7) is 3.14. The first-order valence-corrected chi connectivity index (χ1v) is 7.85. The molecule has 1 aliphatic heterocycles. The van der Waals surface area contributed by atoms with Crippen LogP contribution in [0.1, 0.15) is 39.5 Å². The molecule has 1 heterocycles. The van der Waals surface area contributed by atoms with Gasteiger partial charge in [-0.2, -0.15) is 0 Å². The Bertz CT molecular complexity index is 459. The van der Waals surface area contributed by atoms with Crippen molar-refractivity contribution in [2.45, 2.75) is 57.3 Å². The molecule has 0 aromatic carbocycles. The van der Waals surface area contributed by atoms with E-state index in [0.29, 0.717) is 0 Å². The van der Waals surface area contributed by atoms with E-state index >= 15 is 0 Å². The summed E-state index contributed by atoms with van der Waals surface area (Å²) in [5.74, 6) is -1.79. The molecular weight excluding hydrogens is 286 g/mol. The van der Waals surface area contributed by atoms with Crippen LogP contribution in [-0.2, 0) is 14.3 Å². The lowest BCUT2D eigenvalue weighted by atomic mass is 9.86. The number of aliphatic hydroxyl groups excluding tert-OH is 2.